The molecule has 0 aliphatic heterocycles. The summed E-state index contributed by atoms with van der Waals surface area (Å²) in [6, 6.07) is -4.75. The fraction of sp³-hybridized carbons (Fsp3) is 0.591. The number of hydrogen-bond donors (Lipinski definition) is 9. The maximum atomic E-state index is 13.2. The van der Waals surface area contributed by atoms with Crippen LogP contribution in [0.4, 0.5) is 0 Å². The van der Waals surface area contributed by atoms with Crippen LogP contribution in [-0.2, 0) is 30.4 Å². The van der Waals surface area contributed by atoms with Crippen LogP contribution < -0.4 is 33.2 Å². The summed E-state index contributed by atoms with van der Waals surface area (Å²) in [5, 5.41) is 25.6. The van der Waals surface area contributed by atoms with Crippen LogP contribution in [0.15, 0.2) is 17.5 Å². The summed E-state index contributed by atoms with van der Waals surface area (Å²) in [5.74, 6) is -5.33. The Morgan fingerprint density at radius 3 is 2.18 bits per heavy atom. The van der Waals surface area contributed by atoms with Gasteiger partial charge in [0.2, 0.25) is 17.7 Å². The topological polar surface area (TPSA) is 281 Å². The van der Waals surface area contributed by atoms with Crippen LogP contribution in [0.3, 0.4) is 0 Å². The van der Waals surface area contributed by atoms with Crippen molar-refractivity contribution in [2.75, 3.05) is 6.54 Å². The summed E-state index contributed by atoms with van der Waals surface area (Å²) >= 11 is 0. The number of nitrogens with two attached hydrogens (primary N) is 3. The minimum atomic E-state index is -1.46. The first-order valence-electron chi connectivity index (χ1n) is 12.0. The second-order valence-electron chi connectivity index (χ2n) is 8.96. The third-order valence-electron chi connectivity index (χ3n) is 5.42. The van der Waals surface area contributed by atoms with E-state index in [0.29, 0.717) is 12.1 Å². The summed E-state index contributed by atoms with van der Waals surface area (Å²) in [5.41, 5.74) is 17.0. The molecule has 3 amide bonds. The quantitative estimate of drug-likeness (QED) is 0.0561. The van der Waals surface area contributed by atoms with E-state index < -0.39 is 66.2 Å². The minimum Gasteiger partial charge on any atom is -0.481 e. The molecule has 4 unspecified atom stereocenters. The predicted molar refractivity (Wildman–Crippen MR) is 135 cm³/mol. The highest BCUT2D eigenvalue weighted by Gasteiger charge is 2.32. The van der Waals surface area contributed by atoms with Gasteiger partial charge in [0.1, 0.15) is 18.1 Å². The van der Waals surface area contributed by atoms with Crippen LogP contribution in [-0.4, -0.2) is 86.5 Å². The number of hydrogen-bond acceptors (Lipinski definition) is 8. The molecule has 0 spiro atoms. The van der Waals surface area contributed by atoms with E-state index in [4.69, 9.17) is 22.3 Å². The minimum absolute atomic E-state index is 0.00108. The Kier molecular flexibility index (Phi) is 13.2. The first-order valence-corrected chi connectivity index (χ1v) is 12.0. The number of aliphatic imine (C=N–C) groups is 1. The van der Waals surface area contributed by atoms with E-state index in [1.807, 2.05) is 0 Å². The number of carboxylic acid groups (broad SMARTS) is 2. The standard InChI is InChI=1S/C22H37N9O7/c1-11(2)17(20(36)29-14(21(37)38)5-6-16(32)33)31-19(35)15(8-12-9-26-10-28-12)30-18(34)13(23)4-3-7-27-22(24)25/h9-11,13-15,17H,3-8,23H2,1-2H3,(H,26,28)(H,29,36)(H,30,34)(H,31,35)(H,32,33)(H,37,38)(H4,24,25,27). The number of rotatable bonds is 17. The van der Waals surface area contributed by atoms with Crippen molar-refractivity contribution in [2.45, 2.75) is 70.1 Å². The molecule has 1 heterocycles. The van der Waals surface area contributed by atoms with Gasteiger partial charge >= 0.3 is 11.9 Å². The molecule has 1 rings (SSSR count). The van der Waals surface area contributed by atoms with Crippen LogP contribution in [0.25, 0.3) is 0 Å². The Hall–Kier alpha value is -4.21. The molecule has 4 atom stereocenters. The Labute approximate surface area is 219 Å². The Balaban J connectivity index is 2.95. The number of amides is 3. The van der Waals surface area contributed by atoms with E-state index in [9.17, 15) is 29.1 Å². The summed E-state index contributed by atoms with van der Waals surface area (Å²) in [7, 11) is 0. The molecular formula is C22H37N9O7. The van der Waals surface area contributed by atoms with Gasteiger partial charge in [-0.15, -0.1) is 0 Å². The monoisotopic (exact) mass is 539 g/mol. The molecule has 0 bridgehead atoms. The number of nitrogens with one attached hydrogen (secondary N) is 4. The molecule has 0 saturated carbocycles. The van der Waals surface area contributed by atoms with Crippen molar-refractivity contribution >= 4 is 35.6 Å². The van der Waals surface area contributed by atoms with Crippen molar-refractivity contribution in [3.05, 3.63) is 18.2 Å². The zero-order chi connectivity index (χ0) is 28.8. The van der Waals surface area contributed by atoms with Crippen LogP contribution in [0.1, 0.15) is 45.2 Å². The fourth-order valence-electron chi connectivity index (χ4n) is 3.33. The molecule has 1 aromatic heterocycles. The summed E-state index contributed by atoms with van der Waals surface area (Å²) in [6.07, 6.45) is 2.72. The maximum absolute atomic E-state index is 13.2. The molecule has 212 valence electrons. The van der Waals surface area contributed by atoms with Crippen LogP contribution in [0.2, 0.25) is 0 Å². The Morgan fingerprint density at radius 2 is 1.66 bits per heavy atom. The van der Waals surface area contributed by atoms with Gasteiger partial charge in [-0.3, -0.25) is 24.2 Å². The highest BCUT2D eigenvalue weighted by molar-refractivity contribution is 5.94. The first-order chi connectivity index (χ1) is 17.8. The molecular weight excluding hydrogens is 502 g/mol. The molecule has 0 aliphatic carbocycles. The van der Waals surface area contributed by atoms with Crippen molar-refractivity contribution < 1.29 is 34.2 Å². The number of aromatic nitrogens is 2. The maximum Gasteiger partial charge on any atom is 0.326 e. The zero-order valence-corrected chi connectivity index (χ0v) is 21.3. The normalized spacial score (nSPS) is 14.0. The number of imidazole rings is 1. The number of aromatic amines is 1. The molecule has 0 aliphatic rings. The number of H-pyrrole nitrogens is 1. The van der Waals surface area contributed by atoms with E-state index in [0.717, 1.165) is 0 Å². The Bertz CT molecular complexity index is 978. The molecule has 0 radical (unpaired) electrons. The number of guanidine groups is 1. The van der Waals surface area contributed by atoms with Crippen molar-refractivity contribution in [1.82, 2.24) is 25.9 Å². The molecule has 16 heteroatoms. The summed E-state index contributed by atoms with van der Waals surface area (Å²) < 4.78 is 0. The molecule has 0 aromatic carbocycles. The third-order valence-corrected chi connectivity index (χ3v) is 5.42. The van der Waals surface area contributed by atoms with Crippen LogP contribution in [0, 0.1) is 5.92 Å². The zero-order valence-electron chi connectivity index (χ0n) is 21.3. The first kappa shape index (κ1) is 31.8. The second-order valence-corrected chi connectivity index (χ2v) is 8.96. The van der Waals surface area contributed by atoms with Crippen molar-refractivity contribution in [2.24, 2.45) is 28.1 Å². The van der Waals surface area contributed by atoms with Gasteiger partial charge in [-0.2, -0.15) is 0 Å². The Morgan fingerprint density at radius 1 is 1.00 bits per heavy atom. The number of nitrogens with zero attached hydrogens (tertiary/aromatic N) is 2. The van der Waals surface area contributed by atoms with Crippen molar-refractivity contribution in [3.8, 4) is 0 Å². The van der Waals surface area contributed by atoms with Crippen molar-refractivity contribution in [3.63, 3.8) is 0 Å². The van der Waals surface area contributed by atoms with E-state index in [2.05, 4.69) is 30.9 Å². The largest absolute Gasteiger partial charge is 0.481 e. The SMILES string of the molecule is CC(C)C(NC(=O)C(Cc1cnc[nH]1)NC(=O)C(N)CCCN=C(N)N)C(=O)NC(CCC(=O)O)C(=O)O. The highest BCUT2D eigenvalue weighted by Crippen LogP contribution is 2.08. The summed E-state index contributed by atoms with van der Waals surface area (Å²) in [6.45, 7) is 3.54. The van der Waals surface area contributed by atoms with Gasteiger partial charge in [-0.05, 0) is 25.2 Å². The molecule has 0 saturated heterocycles. The van der Waals surface area contributed by atoms with Gasteiger partial charge in [0.05, 0.1) is 12.4 Å². The van der Waals surface area contributed by atoms with E-state index in [1.54, 1.807) is 13.8 Å². The van der Waals surface area contributed by atoms with Gasteiger partial charge in [-0.1, -0.05) is 13.8 Å². The number of aliphatic carboxylic acids is 2. The van der Waals surface area contributed by atoms with E-state index in [1.165, 1.54) is 12.5 Å². The number of carbonyl (C=O) groups is 5. The second kappa shape index (κ2) is 15.8. The summed E-state index contributed by atoms with van der Waals surface area (Å²) in [4.78, 5) is 71.6. The van der Waals surface area contributed by atoms with Crippen LogP contribution in [0.5, 0.6) is 0 Å². The smallest absolute Gasteiger partial charge is 0.326 e. The number of carbonyl (C=O) groups excluding carboxylic acids is 3. The van der Waals surface area contributed by atoms with Crippen molar-refractivity contribution in [1.29, 1.82) is 0 Å². The molecule has 1 aromatic rings. The fourth-order valence-corrected chi connectivity index (χ4v) is 3.33. The van der Waals surface area contributed by atoms with Gasteiger partial charge in [0, 0.05) is 31.3 Å². The lowest BCUT2D eigenvalue weighted by Gasteiger charge is -2.27. The highest BCUT2D eigenvalue weighted by atomic mass is 16.4. The van der Waals surface area contributed by atoms with Gasteiger partial charge < -0.3 is 48.3 Å². The van der Waals surface area contributed by atoms with Gasteiger partial charge in [0.25, 0.3) is 0 Å². The lowest BCUT2D eigenvalue weighted by Crippen LogP contribution is -2.59. The molecule has 0 fully saturated rings. The molecule has 12 N–H and O–H groups in total. The van der Waals surface area contributed by atoms with Crippen LogP contribution >= 0.6 is 0 Å². The van der Waals surface area contributed by atoms with E-state index in [-0.39, 0.29) is 31.8 Å². The van der Waals surface area contributed by atoms with E-state index >= 15 is 0 Å². The van der Waals surface area contributed by atoms with Gasteiger partial charge in [0.15, 0.2) is 5.96 Å². The average molecular weight is 540 g/mol. The molecule has 16 nitrogen and oxygen atoms in total. The number of carboxylic acids is 2. The third kappa shape index (κ3) is 11.7. The lowest BCUT2D eigenvalue weighted by atomic mass is 10.0. The molecule has 38 heavy (non-hydrogen) atoms. The predicted octanol–water partition coefficient (Wildman–Crippen LogP) is -2.61. The average Bonchev–Trinajstić information content (AvgIpc) is 3.34. The van der Waals surface area contributed by atoms with Gasteiger partial charge in [-0.25, -0.2) is 9.78 Å². The lowest BCUT2D eigenvalue weighted by molar-refractivity contribution is -0.143.